The van der Waals surface area contributed by atoms with Gasteiger partial charge in [0.25, 0.3) is 5.91 Å². The van der Waals surface area contributed by atoms with Gasteiger partial charge in [-0.2, -0.15) is 0 Å². The van der Waals surface area contributed by atoms with Crippen molar-refractivity contribution in [3.63, 3.8) is 0 Å². The average molecular weight is 387 g/mol. The number of carbonyl (C=O) groups excluding carboxylic acids is 2. The summed E-state index contributed by atoms with van der Waals surface area (Å²) in [7, 11) is 3.95. The maximum atomic E-state index is 13.5. The molecular weight excluding hydrogens is 352 g/mol. The van der Waals surface area contributed by atoms with Crippen molar-refractivity contribution in [2.24, 2.45) is 0 Å². The molecule has 2 amide bonds. The van der Waals surface area contributed by atoms with Crippen LogP contribution in [0.5, 0.6) is 0 Å². The molecule has 0 atom stereocenters. The smallest absolute Gasteiger partial charge is 0.254 e. The number of piperazine rings is 1. The standard InChI is InChI=1S/C22H34N4O2/c1-24(2)20-11-7-8-18(16-20)22(28)26(19-9-5-3-4-6-10-19)17-21(27)25-14-12-23-13-15-25/h7-8,11,16,19,23H,3-6,9-10,12-15,17H2,1-2H3. The van der Waals surface area contributed by atoms with Gasteiger partial charge in [-0.1, -0.05) is 31.7 Å². The Morgan fingerprint density at radius 1 is 1.07 bits per heavy atom. The van der Waals surface area contributed by atoms with Crippen LogP contribution in [0.4, 0.5) is 5.69 Å². The summed E-state index contributed by atoms with van der Waals surface area (Å²) in [5, 5.41) is 3.28. The monoisotopic (exact) mass is 386 g/mol. The van der Waals surface area contributed by atoms with Crippen molar-refractivity contribution in [2.45, 2.75) is 44.6 Å². The molecule has 1 aliphatic carbocycles. The third-order valence-electron chi connectivity index (χ3n) is 5.91. The lowest BCUT2D eigenvalue weighted by molar-refractivity contribution is -0.133. The molecule has 0 unspecified atom stereocenters. The molecule has 3 rings (SSSR count). The zero-order valence-electron chi connectivity index (χ0n) is 17.3. The van der Waals surface area contributed by atoms with Crippen molar-refractivity contribution in [1.29, 1.82) is 0 Å². The van der Waals surface area contributed by atoms with Gasteiger partial charge >= 0.3 is 0 Å². The summed E-state index contributed by atoms with van der Waals surface area (Å²) in [6.45, 7) is 3.29. The molecule has 1 saturated heterocycles. The fraction of sp³-hybridized carbons (Fsp3) is 0.636. The lowest BCUT2D eigenvalue weighted by atomic mass is 10.0. The van der Waals surface area contributed by atoms with E-state index >= 15 is 0 Å². The van der Waals surface area contributed by atoms with E-state index in [9.17, 15) is 9.59 Å². The molecule has 0 spiro atoms. The SMILES string of the molecule is CN(C)c1cccc(C(=O)N(CC(=O)N2CCNCC2)C2CCCCCC2)c1. The van der Waals surface area contributed by atoms with Crippen LogP contribution in [0.3, 0.4) is 0 Å². The zero-order chi connectivity index (χ0) is 19.9. The lowest BCUT2D eigenvalue weighted by Crippen LogP contribution is -2.52. The summed E-state index contributed by atoms with van der Waals surface area (Å²) in [5.41, 5.74) is 1.67. The highest BCUT2D eigenvalue weighted by Gasteiger charge is 2.29. The van der Waals surface area contributed by atoms with Crippen molar-refractivity contribution >= 4 is 17.5 Å². The van der Waals surface area contributed by atoms with Crippen molar-refractivity contribution in [3.05, 3.63) is 29.8 Å². The van der Waals surface area contributed by atoms with E-state index in [4.69, 9.17) is 0 Å². The first-order valence-electron chi connectivity index (χ1n) is 10.6. The molecule has 6 nitrogen and oxygen atoms in total. The highest BCUT2D eigenvalue weighted by atomic mass is 16.2. The first kappa shape index (κ1) is 20.6. The van der Waals surface area contributed by atoms with Crippen LogP contribution in [0, 0.1) is 0 Å². The van der Waals surface area contributed by atoms with Crippen LogP contribution in [0.15, 0.2) is 24.3 Å². The molecule has 0 aromatic heterocycles. The Morgan fingerprint density at radius 2 is 1.75 bits per heavy atom. The fourth-order valence-corrected chi connectivity index (χ4v) is 4.18. The van der Waals surface area contributed by atoms with E-state index in [0.717, 1.165) is 57.5 Å². The summed E-state index contributed by atoms with van der Waals surface area (Å²) >= 11 is 0. The number of nitrogens with one attached hydrogen (secondary N) is 1. The number of rotatable bonds is 5. The minimum atomic E-state index is -0.0147. The normalized spacial score (nSPS) is 18.4. The summed E-state index contributed by atoms with van der Waals surface area (Å²) in [6, 6.07) is 7.88. The zero-order valence-corrected chi connectivity index (χ0v) is 17.3. The number of hydrogen-bond donors (Lipinski definition) is 1. The number of carbonyl (C=O) groups is 2. The quantitative estimate of drug-likeness (QED) is 0.790. The minimum Gasteiger partial charge on any atom is -0.378 e. The molecule has 28 heavy (non-hydrogen) atoms. The number of nitrogens with zero attached hydrogens (tertiary/aromatic N) is 3. The van der Waals surface area contributed by atoms with Crippen LogP contribution < -0.4 is 10.2 Å². The van der Waals surface area contributed by atoms with Crippen LogP contribution in [0.2, 0.25) is 0 Å². The molecule has 0 bridgehead atoms. The van der Waals surface area contributed by atoms with Gasteiger partial charge in [0, 0.05) is 57.6 Å². The largest absolute Gasteiger partial charge is 0.378 e. The summed E-state index contributed by atoms with van der Waals surface area (Å²) in [5.74, 6) is 0.0574. The van der Waals surface area contributed by atoms with E-state index < -0.39 is 0 Å². The second-order valence-electron chi connectivity index (χ2n) is 8.15. The van der Waals surface area contributed by atoms with Crippen LogP contribution in [0.25, 0.3) is 0 Å². The van der Waals surface area contributed by atoms with Gasteiger partial charge in [-0.25, -0.2) is 0 Å². The highest BCUT2D eigenvalue weighted by Crippen LogP contribution is 2.24. The number of amides is 2. The average Bonchev–Trinajstić information content (AvgIpc) is 3.01. The molecule has 0 radical (unpaired) electrons. The van der Waals surface area contributed by atoms with Crippen molar-refractivity contribution < 1.29 is 9.59 Å². The van der Waals surface area contributed by atoms with Gasteiger partial charge in [0.15, 0.2) is 0 Å². The second kappa shape index (κ2) is 9.92. The maximum Gasteiger partial charge on any atom is 0.254 e. The number of hydrogen-bond acceptors (Lipinski definition) is 4. The van der Waals surface area contributed by atoms with Gasteiger partial charge in [-0.15, -0.1) is 0 Å². The van der Waals surface area contributed by atoms with E-state index in [1.165, 1.54) is 12.8 Å². The molecular formula is C22H34N4O2. The Morgan fingerprint density at radius 3 is 2.39 bits per heavy atom. The molecule has 1 aromatic rings. The van der Waals surface area contributed by atoms with Crippen LogP contribution in [-0.4, -0.2) is 74.5 Å². The van der Waals surface area contributed by atoms with Gasteiger partial charge in [0.1, 0.15) is 6.54 Å². The van der Waals surface area contributed by atoms with E-state index in [2.05, 4.69) is 5.32 Å². The molecule has 1 aromatic carbocycles. The molecule has 6 heteroatoms. The van der Waals surface area contributed by atoms with Crippen LogP contribution >= 0.6 is 0 Å². The Labute approximate surface area is 168 Å². The number of benzene rings is 1. The highest BCUT2D eigenvalue weighted by molar-refractivity contribution is 5.97. The lowest BCUT2D eigenvalue weighted by Gasteiger charge is -2.34. The third kappa shape index (κ3) is 5.25. The van der Waals surface area contributed by atoms with Gasteiger partial charge < -0.3 is 20.0 Å². The van der Waals surface area contributed by atoms with Crippen molar-refractivity contribution in [2.75, 3.05) is 51.7 Å². The molecule has 1 N–H and O–H groups in total. The molecule has 1 aliphatic heterocycles. The van der Waals surface area contributed by atoms with Gasteiger partial charge in [-0.05, 0) is 31.0 Å². The Bertz CT molecular complexity index is 662. The van der Waals surface area contributed by atoms with Crippen LogP contribution in [-0.2, 0) is 4.79 Å². The predicted molar refractivity (Wildman–Crippen MR) is 113 cm³/mol. The summed E-state index contributed by atoms with van der Waals surface area (Å²) in [6.07, 6.45) is 6.70. The number of anilines is 1. The Hall–Kier alpha value is -2.08. The van der Waals surface area contributed by atoms with Crippen LogP contribution in [0.1, 0.15) is 48.9 Å². The maximum absolute atomic E-state index is 13.5. The van der Waals surface area contributed by atoms with E-state index in [0.29, 0.717) is 5.56 Å². The van der Waals surface area contributed by atoms with Gasteiger partial charge in [0.2, 0.25) is 5.91 Å². The molecule has 2 fully saturated rings. The minimum absolute atomic E-state index is 0.0147. The third-order valence-corrected chi connectivity index (χ3v) is 5.91. The first-order valence-corrected chi connectivity index (χ1v) is 10.6. The predicted octanol–water partition coefficient (Wildman–Crippen LogP) is 2.35. The first-order chi connectivity index (χ1) is 13.6. The van der Waals surface area contributed by atoms with E-state index in [1.54, 1.807) is 0 Å². The topological polar surface area (TPSA) is 55.9 Å². The van der Waals surface area contributed by atoms with Crippen molar-refractivity contribution in [3.8, 4) is 0 Å². The Balaban J connectivity index is 1.81. The van der Waals surface area contributed by atoms with E-state index in [1.807, 2.05) is 53.1 Å². The molecule has 1 heterocycles. The van der Waals surface area contributed by atoms with E-state index in [-0.39, 0.29) is 24.4 Å². The van der Waals surface area contributed by atoms with Gasteiger partial charge in [0.05, 0.1) is 0 Å². The molecule has 1 saturated carbocycles. The van der Waals surface area contributed by atoms with Crippen molar-refractivity contribution in [1.82, 2.24) is 15.1 Å². The Kier molecular flexibility index (Phi) is 7.31. The summed E-state index contributed by atoms with van der Waals surface area (Å²) in [4.78, 5) is 32.2. The summed E-state index contributed by atoms with van der Waals surface area (Å²) < 4.78 is 0. The van der Waals surface area contributed by atoms with Gasteiger partial charge in [-0.3, -0.25) is 9.59 Å². The molecule has 154 valence electrons. The second-order valence-corrected chi connectivity index (χ2v) is 8.15. The fourth-order valence-electron chi connectivity index (χ4n) is 4.18. The molecule has 2 aliphatic rings.